The molecule has 0 unspecified atom stereocenters. The highest BCUT2D eigenvalue weighted by atomic mass is 16.5. The van der Waals surface area contributed by atoms with Crippen molar-refractivity contribution in [2.45, 2.75) is 20.5 Å². The number of fused-ring (bicyclic) bond motifs is 1. The fourth-order valence-electron chi connectivity index (χ4n) is 2.04. The van der Waals surface area contributed by atoms with Gasteiger partial charge < -0.3 is 15.5 Å². The van der Waals surface area contributed by atoms with Crippen molar-refractivity contribution in [1.29, 1.82) is 0 Å². The molecule has 20 heavy (non-hydrogen) atoms. The van der Waals surface area contributed by atoms with Gasteiger partial charge in [-0.15, -0.1) is 0 Å². The molecule has 3 aromatic rings. The smallest absolute Gasteiger partial charge is 0.177 e. The summed E-state index contributed by atoms with van der Waals surface area (Å²) < 4.78 is 5.81. The Morgan fingerprint density at radius 2 is 2.10 bits per heavy atom. The standard InChI is InChI=1S/C15H16N4O/c1-9-3-4-10(2)13(5-9)20-8-14-18-12-6-11(16)7-17-15(12)19-14/h3-7H,8,16H2,1-2H3,(H,17,18,19). The van der Waals surface area contributed by atoms with E-state index >= 15 is 0 Å². The van der Waals surface area contributed by atoms with Crippen LogP contribution in [0, 0.1) is 13.8 Å². The third-order valence-electron chi connectivity index (χ3n) is 3.12. The summed E-state index contributed by atoms with van der Waals surface area (Å²) in [7, 11) is 0. The van der Waals surface area contributed by atoms with E-state index in [1.807, 2.05) is 32.0 Å². The minimum absolute atomic E-state index is 0.376. The maximum absolute atomic E-state index is 5.81. The number of aromatic nitrogens is 3. The number of anilines is 1. The molecule has 5 nitrogen and oxygen atoms in total. The SMILES string of the molecule is Cc1ccc(C)c(OCc2nc3ncc(N)cc3[nH]2)c1. The average molecular weight is 268 g/mol. The van der Waals surface area contributed by atoms with Crippen LogP contribution in [0.2, 0.25) is 0 Å². The van der Waals surface area contributed by atoms with Crippen molar-refractivity contribution in [2.75, 3.05) is 5.73 Å². The number of aryl methyl sites for hydroxylation is 2. The molecular formula is C15H16N4O. The lowest BCUT2D eigenvalue weighted by Gasteiger charge is -2.08. The minimum atomic E-state index is 0.376. The number of nitrogen functional groups attached to an aromatic ring is 1. The number of ether oxygens (including phenoxy) is 1. The number of hydrogen-bond donors (Lipinski definition) is 2. The Hall–Kier alpha value is -2.56. The molecule has 3 rings (SSSR count). The predicted octanol–water partition coefficient (Wildman–Crippen LogP) is 2.74. The van der Waals surface area contributed by atoms with Crippen LogP contribution in [0.25, 0.3) is 11.2 Å². The molecule has 0 radical (unpaired) electrons. The van der Waals surface area contributed by atoms with Gasteiger partial charge in [0.05, 0.1) is 17.4 Å². The quantitative estimate of drug-likeness (QED) is 0.765. The molecule has 0 saturated carbocycles. The van der Waals surface area contributed by atoms with Crippen molar-refractivity contribution in [1.82, 2.24) is 15.0 Å². The van der Waals surface area contributed by atoms with Crippen LogP contribution < -0.4 is 10.5 Å². The van der Waals surface area contributed by atoms with E-state index in [4.69, 9.17) is 10.5 Å². The van der Waals surface area contributed by atoms with E-state index in [1.165, 1.54) is 5.56 Å². The Kier molecular flexibility index (Phi) is 3.02. The molecule has 3 N–H and O–H groups in total. The Morgan fingerprint density at radius 1 is 1.25 bits per heavy atom. The van der Waals surface area contributed by atoms with E-state index in [2.05, 4.69) is 21.0 Å². The Labute approximate surface area is 116 Å². The summed E-state index contributed by atoms with van der Waals surface area (Å²) in [6, 6.07) is 7.95. The molecule has 1 aromatic carbocycles. The highest BCUT2D eigenvalue weighted by Crippen LogP contribution is 2.20. The molecular weight excluding hydrogens is 252 g/mol. The van der Waals surface area contributed by atoms with Crippen LogP contribution in [0.5, 0.6) is 5.75 Å². The van der Waals surface area contributed by atoms with Gasteiger partial charge in [-0.05, 0) is 37.1 Å². The number of hydrogen-bond acceptors (Lipinski definition) is 4. The molecule has 0 amide bonds. The van der Waals surface area contributed by atoms with Crippen LogP contribution in [-0.2, 0) is 6.61 Å². The summed E-state index contributed by atoms with van der Waals surface area (Å²) in [5, 5.41) is 0. The fraction of sp³-hybridized carbons (Fsp3) is 0.200. The summed E-state index contributed by atoms with van der Waals surface area (Å²) in [4.78, 5) is 11.7. The molecule has 2 heterocycles. The second kappa shape index (κ2) is 4.85. The van der Waals surface area contributed by atoms with Crippen molar-refractivity contribution in [2.24, 2.45) is 0 Å². The van der Waals surface area contributed by atoms with Crippen molar-refractivity contribution in [3.63, 3.8) is 0 Å². The second-order valence-corrected chi connectivity index (χ2v) is 4.88. The monoisotopic (exact) mass is 268 g/mol. The van der Waals surface area contributed by atoms with Crippen molar-refractivity contribution >= 4 is 16.9 Å². The number of imidazole rings is 1. The van der Waals surface area contributed by atoms with Crippen LogP contribution >= 0.6 is 0 Å². The first-order valence-corrected chi connectivity index (χ1v) is 6.42. The minimum Gasteiger partial charge on any atom is -0.485 e. The van der Waals surface area contributed by atoms with Crippen LogP contribution in [-0.4, -0.2) is 15.0 Å². The van der Waals surface area contributed by atoms with Crippen LogP contribution in [0.15, 0.2) is 30.5 Å². The van der Waals surface area contributed by atoms with Gasteiger partial charge >= 0.3 is 0 Å². The summed E-state index contributed by atoms with van der Waals surface area (Å²) in [5.74, 6) is 1.61. The summed E-state index contributed by atoms with van der Waals surface area (Å²) >= 11 is 0. The molecule has 0 spiro atoms. The van der Waals surface area contributed by atoms with Gasteiger partial charge in [-0.2, -0.15) is 0 Å². The second-order valence-electron chi connectivity index (χ2n) is 4.88. The van der Waals surface area contributed by atoms with Crippen LogP contribution in [0.3, 0.4) is 0 Å². The average Bonchev–Trinajstić information content (AvgIpc) is 2.81. The molecule has 102 valence electrons. The highest BCUT2D eigenvalue weighted by Gasteiger charge is 2.06. The topological polar surface area (TPSA) is 76.8 Å². The number of H-pyrrole nitrogens is 1. The van der Waals surface area contributed by atoms with Crippen molar-refractivity contribution < 1.29 is 4.74 Å². The van der Waals surface area contributed by atoms with Gasteiger partial charge in [-0.25, -0.2) is 9.97 Å². The maximum Gasteiger partial charge on any atom is 0.177 e. The van der Waals surface area contributed by atoms with Gasteiger partial charge in [0.15, 0.2) is 5.65 Å². The van der Waals surface area contributed by atoms with E-state index in [-0.39, 0.29) is 0 Å². The van der Waals surface area contributed by atoms with Crippen LogP contribution in [0.4, 0.5) is 5.69 Å². The van der Waals surface area contributed by atoms with E-state index in [1.54, 1.807) is 6.20 Å². The largest absolute Gasteiger partial charge is 0.485 e. The molecule has 5 heteroatoms. The fourth-order valence-corrected chi connectivity index (χ4v) is 2.04. The van der Waals surface area contributed by atoms with E-state index in [9.17, 15) is 0 Å². The molecule has 0 saturated heterocycles. The normalized spacial score (nSPS) is 10.9. The number of nitrogens with two attached hydrogens (primary N) is 1. The number of pyridine rings is 1. The van der Waals surface area contributed by atoms with Gasteiger partial charge in [-0.3, -0.25) is 0 Å². The zero-order chi connectivity index (χ0) is 14.1. The Balaban J connectivity index is 1.81. The molecule has 2 aromatic heterocycles. The molecule has 0 aliphatic heterocycles. The number of nitrogens with zero attached hydrogens (tertiary/aromatic N) is 2. The van der Waals surface area contributed by atoms with E-state index in [0.717, 1.165) is 22.7 Å². The van der Waals surface area contributed by atoms with Gasteiger partial charge in [0.2, 0.25) is 0 Å². The summed E-state index contributed by atoms with van der Waals surface area (Å²) in [6.07, 6.45) is 1.60. The first-order valence-electron chi connectivity index (χ1n) is 6.42. The van der Waals surface area contributed by atoms with E-state index < -0.39 is 0 Å². The highest BCUT2D eigenvalue weighted by molar-refractivity contribution is 5.73. The molecule has 0 bridgehead atoms. The third-order valence-corrected chi connectivity index (χ3v) is 3.12. The first-order chi connectivity index (χ1) is 9.61. The maximum atomic E-state index is 5.81. The van der Waals surface area contributed by atoms with E-state index in [0.29, 0.717) is 17.9 Å². The Bertz CT molecular complexity index is 764. The molecule has 0 aliphatic carbocycles. The van der Waals surface area contributed by atoms with Gasteiger partial charge in [0.25, 0.3) is 0 Å². The predicted molar refractivity (Wildman–Crippen MR) is 78.5 cm³/mol. The lowest BCUT2D eigenvalue weighted by molar-refractivity contribution is 0.295. The summed E-state index contributed by atoms with van der Waals surface area (Å²) in [5.41, 5.74) is 10.1. The van der Waals surface area contributed by atoms with Gasteiger partial charge in [0.1, 0.15) is 18.2 Å². The number of aromatic amines is 1. The third kappa shape index (κ3) is 2.42. The van der Waals surface area contributed by atoms with Crippen molar-refractivity contribution in [3.8, 4) is 5.75 Å². The molecule has 0 aliphatic rings. The number of rotatable bonds is 3. The molecule has 0 fully saturated rings. The Morgan fingerprint density at radius 3 is 2.95 bits per heavy atom. The van der Waals surface area contributed by atoms with Crippen LogP contribution in [0.1, 0.15) is 17.0 Å². The lowest BCUT2D eigenvalue weighted by atomic mass is 10.1. The van der Waals surface area contributed by atoms with Crippen molar-refractivity contribution in [3.05, 3.63) is 47.4 Å². The first kappa shape index (κ1) is 12.5. The van der Waals surface area contributed by atoms with Gasteiger partial charge in [-0.1, -0.05) is 12.1 Å². The zero-order valence-corrected chi connectivity index (χ0v) is 11.5. The lowest BCUT2D eigenvalue weighted by Crippen LogP contribution is -1.99. The summed E-state index contributed by atoms with van der Waals surface area (Å²) in [6.45, 7) is 4.44. The molecule has 0 atom stereocenters. The zero-order valence-electron chi connectivity index (χ0n) is 11.5. The number of nitrogens with one attached hydrogen (secondary N) is 1. The van der Waals surface area contributed by atoms with Gasteiger partial charge in [0, 0.05) is 0 Å². The number of benzene rings is 1.